The number of amides is 1. The van der Waals surface area contributed by atoms with Crippen LogP contribution in [0.1, 0.15) is 29.3 Å². The van der Waals surface area contributed by atoms with Gasteiger partial charge in [0.25, 0.3) is 5.91 Å². The highest BCUT2D eigenvalue weighted by atomic mass is 79.9. The van der Waals surface area contributed by atoms with Crippen LogP contribution < -0.4 is 10.6 Å². The van der Waals surface area contributed by atoms with Crippen LogP contribution in [0, 0.1) is 6.92 Å². The summed E-state index contributed by atoms with van der Waals surface area (Å²) in [6.45, 7) is 4.92. The van der Waals surface area contributed by atoms with Crippen LogP contribution in [0.2, 0.25) is 0 Å². The summed E-state index contributed by atoms with van der Waals surface area (Å²) in [6.07, 6.45) is 2.62. The monoisotopic (exact) mass is 347 g/mol. The molecule has 0 saturated heterocycles. The summed E-state index contributed by atoms with van der Waals surface area (Å²) in [4.78, 5) is 16.5. The zero-order valence-electron chi connectivity index (χ0n) is 12.1. The highest BCUT2D eigenvalue weighted by molar-refractivity contribution is 9.10. The lowest BCUT2D eigenvalue weighted by molar-refractivity contribution is 0.102. The van der Waals surface area contributed by atoms with Crippen molar-refractivity contribution in [3.63, 3.8) is 0 Å². The second-order valence-corrected chi connectivity index (χ2v) is 5.58. The van der Waals surface area contributed by atoms with E-state index >= 15 is 0 Å². The van der Waals surface area contributed by atoms with Gasteiger partial charge in [-0.2, -0.15) is 0 Å². The van der Waals surface area contributed by atoms with E-state index in [0.717, 1.165) is 34.5 Å². The smallest absolute Gasteiger partial charge is 0.257 e. The Morgan fingerprint density at radius 1 is 1.29 bits per heavy atom. The molecule has 0 bridgehead atoms. The van der Waals surface area contributed by atoms with E-state index in [1.165, 1.54) is 0 Å². The Morgan fingerprint density at radius 2 is 2.10 bits per heavy atom. The molecule has 1 amide bonds. The normalized spacial score (nSPS) is 10.2. The zero-order valence-corrected chi connectivity index (χ0v) is 13.7. The number of carbonyl (C=O) groups excluding carboxylic acids is 1. The van der Waals surface area contributed by atoms with E-state index in [1.54, 1.807) is 12.3 Å². The molecule has 0 saturated carbocycles. The van der Waals surface area contributed by atoms with Gasteiger partial charge in [-0.1, -0.05) is 28.9 Å². The van der Waals surface area contributed by atoms with Gasteiger partial charge in [0.15, 0.2) is 0 Å². The standard InChI is InChI=1S/C16H18BrN3O/c1-3-9-18-15-8-7-12(10-19-15)16(21)20-14-6-4-5-13(17)11(14)2/h4-8,10H,3,9H2,1-2H3,(H,18,19)(H,20,21). The van der Waals surface area contributed by atoms with Crippen molar-refractivity contribution < 1.29 is 4.79 Å². The van der Waals surface area contributed by atoms with Gasteiger partial charge in [-0.25, -0.2) is 4.98 Å². The minimum Gasteiger partial charge on any atom is -0.370 e. The first kappa shape index (κ1) is 15.5. The second kappa shape index (κ2) is 7.22. The topological polar surface area (TPSA) is 54.0 Å². The first-order valence-corrected chi connectivity index (χ1v) is 7.67. The molecule has 0 radical (unpaired) electrons. The fourth-order valence-electron chi connectivity index (χ4n) is 1.82. The highest BCUT2D eigenvalue weighted by Crippen LogP contribution is 2.23. The number of carbonyl (C=O) groups is 1. The highest BCUT2D eigenvalue weighted by Gasteiger charge is 2.09. The van der Waals surface area contributed by atoms with Crippen molar-refractivity contribution in [2.45, 2.75) is 20.3 Å². The maximum absolute atomic E-state index is 12.2. The van der Waals surface area contributed by atoms with E-state index < -0.39 is 0 Å². The van der Waals surface area contributed by atoms with E-state index in [9.17, 15) is 4.79 Å². The van der Waals surface area contributed by atoms with Gasteiger partial charge in [-0.15, -0.1) is 0 Å². The van der Waals surface area contributed by atoms with Crippen molar-refractivity contribution in [3.05, 3.63) is 52.1 Å². The lowest BCUT2D eigenvalue weighted by atomic mass is 10.2. The van der Waals surface area contributed by atoms with Gasteiger partial charge in [0, 0.05) is 22.9 Å². The van der Waals surface area contributed by atoms with Crippen molar-refractivity contribution in [2.24, 2.45) is 0 Å². The summed E-state index contributed by atoms with van der Waals surface area (Å²) in [5.74, 6) is 0.623. The molecule has 1 aromatic heterocycles. The Kier molecular flexibility index (Phi) is 5.33. The SMILES string of the molecule is CCCNc1ccc(C(=O)Nc2cccc(Br)c2C)cn1. The van der Waals surface area contributed by atoms with E-state index in [-0.39, 0.29) is 5.91 Å². The van der Waals surface area contributed by atoms with E-state index in [2.05, 4.69) is 38.5 Å². The fourth-order valence-corrected chi connectivity index (χ4v) is 2.19. The number of hydrogen-bond donors (Lipinski definition) is 2. The van der Waals surface area contributed by atoms with Crippen molar-refractivity contribution in [2.75, 3.05) is 17.2 Å². The summed E-state index contributed by atoms with van der Waals surface area (Å²) in [7, 11) is 0. The molecule has 1 aromatic carbocycles. The minimum absolute atomic E-state index is 0.161. The first-order chi connectivity index (χ1) is 10.1. The van der Waals surface area contributed by atoms with Crippen LogP contribution in [-0.4, -0.2) is 17.4 Å². The Morgan fingerprint density at radius 3 is 2.76 bits per heavy atom. The van der Waals surface area contributed by atoms with Crippen LogP contribution in [0.15, 0.2) is 41.0 Å². The number of pyridine rings is 1. The van der Waals surface area contributed by atoms with Gasteiger partial charge >= 0.3 is 0 Å². The minimum atomic E-state index is -0.161. The molecule has 2 rings (SSSR count). The number of nitrogens with one attached hydrogen (secondary N) is 2. The number of halogens is 1. The van der Waals surface area contributed by atoms with Crippen LogP contribution in [0.5, 0.6) is 0 Å². The van der Waals surface area contributed by atoms with Gasteiger partial charge in [0.1, 0.15) is 5.82 Å². The molecule has 5 heteroatoms. The Balaban J connectivity index is 2.08. The lowest BCUT2D eigenvalue weighted by Gasteiger charge is -2.10. The average molecular weight is 348 g/mol. The Bertz CT molecular complexity index is 626. The van der Waals surface area contributed by atoms with Crippen LogP contribution in [0.4, 0.5) is 11.5 Å². The predicted molar refractivity (Wildman–Crippen MR) is 89.8 cm³/mol. The molecular formula is C16H18BrN3O. The zero-order chi connectivity index (χ0) is 15.2. The lowest BCUT2D eigenvalue weighted by Crippen LogP contribution is -2.13. The van der Waals surface area contributed by atoms with Crippen molar-refractivity contribution in [1.82, 2.24) is 4.98 Å². The largest absolute Gasteiger partial charge is 0.370 e. The van der Waals surface area contributed by atoms with E-state index in [1.807, 2.05) is 31.2 Å². The molecule has 2 aromatic rings. The summed E-state index contributed by atoms with van der Waals surface area (Å²) in [6, 6.07) is 9.30. The van der Waals surface area contributed by atoms with Gasteiger partial charge in [0.05, 0.1) is 5.56 Å². The first-order valence-electron chi connectivity index (χ1n) is 6.88. The number of aromatic nitrogens is 1. The average Bonchev–Trinajstić information content (AvgIpc) is 2.50. The molecule has 2 N–H and O–H groups in total. The van der Waals surface area contributed by atoms with Crippen molar-refractivity contribution in [1.29, 1.82) is 0 Å². The molecule has 0 aliphatic heterocycles. The third-order valence-electron chi connectivity index (χ3n) is 3.10. The number of rotatable bonds is 5. The number of hydrogen-bond acceptors (Lipinski definition) is 3. The maximum Gasteiger partial charge on any atom is 0.257 e. The molecule has 0 atom stereocenters. The van der Waals surface area contributed by atoms with Crippen LogP contribution in [0.25, 0.3) is 0 Å². The van der Waals surface area contributed by atoms with Crippen LogP contribution in [-0.2, 0) is 0 Å². The van der Waals surface area contributed by atoms with Gasteiger partial charge in [-0.05, 0) is 43.2 Å². The van der Waals surface area contributed by atoms with Crippen LogP contribution in [0.3, 0.4) is 0 Å². The van der Waals surface area contributed by atoms with E-state index in [0.29, 0.717) is 5.56 Å². The molecule has 0 fully saturated rings. The molecule has 0 aliphatic rings. The molecule has 110 valence electrons. The molecule has 0 spiro atoms. The third kappa shape index (κ3) is 4.04. The van der Waals surface area contributed by atoms with Gasteiger partial charge in [0.2, 0.25) is 0 Å². The summed E-state index contributed by atoms with van der Waals surface area (Å²) in [5.41, 5.74) is 2.33. The molecule has 1 heterocycles. The van der Waals surface area contributed by atoms with Crippen LogP contribution >= 0.6 is 15.9 Å². The third-order valence-corrected chi connectivity index (χ3v) is 3.96. The maximum atomic E-state index is 12.2. The molecular weight excluding hydrogens is 330 g/mol. The summed E-state index contributed by atoms with van der Waals surface area (Å²) in [5, 5.41) is 6.08. The van der Waals surface area contributed by atoms with Crippen molar-refractivity contribution >= 4 is 33.3 Å². The number of benzene rings is 1. The second-order valence-electron chi connectivity index (χ2n) is 4.73. The number of anilines is 2. The fraction of sp³-hybridized carbons (Fsp3) is 0.250. The Hall–Kier alpha value is -1.88. The number of nitrogens with zero attached hydrogens (tertiary/aromatic N) is 1. The molecule has 0 aliphatic carbocycles. The molecule has 21 heavy (non-hydrogen) atoms. The molecule has 0 unspecified atom stereocenters. The Labute approximate surface area is 133 Å². The predicted octanol–water partition coefficient (Wildman–Crippen LogP) is 4.23. The summed E-state index contributed by atoms with van der Waals surface area (Å²) >= 11 is 3.45. The van der Waals surface area contributed by atoms with Crippen molar-refractivity contribution in [3.8, 4) is 0 Å². The van der Waals surface area contributed by atoms with Gasteiger partial charge in [-0.3, -0.25) is 4.79 Å². The van der Waals surface area contributed by atoms with E-state index in [4.69, 9.17) is 0 Å². The quantitative estimate of drug-likeness (QED) is 0.850. The molecule has 4 nitrogen and oxygen atoms in total. The van der Waals surface area contributed by atoms with Gasteiger partial charge < -0.3 is 10.6 Å². The summed E-state index contributed by atoms with van der Waals surface area (Å²) < 4.78 is 0.970.